The van der Waals surface area contributed by atoms with Crippen LogP contribution in [0.15, 0.2) is 48.5 Å². The van der Waals surface area contributed by atoms with E-state index >= 15 is 0 Å². The molecule has 0 unspecified atom stereocenters. The molecule has 0 fully saturated rings. The Labute approximate surface area is 113 Å². The van der Waals surface area contributed by atoms with E-state index in [2.05, 4.69) is 6.92 Å². The normalized spacial score (nSPS) is 10.2. The van der Waals surface area contributed by atoms with Gasteiger partial charge in [-0.1, -0.05) is 19.1 Å². The molecule has 1 amide bonds. The van der Waals surface area contributed by atoms with Crippen LogP contribution in [0, 0.1) is 0 Å². The number of anilines is 2. The van der Waals surface area contributed by atoms with Crippen molar-refractivity contribution >= 4 is 17.3 Å². The van der Waals surface area contributed by atoms with E-state index in [1.807, 2.05) is 36.4 Å². The van der Waals surface area contributed by atoms with Crippen molar-refractivity contribution in [2.24, 2.45) is 0 Å². The van der Waals surface area contributed by atoms with Crippen molar-refractivity contribution in [1.82, 2.24) is 0 Å². The van der Waals surface area contributed by atoms with E-state index in [-0.39, 0.29) is 5.91 Å². The van der Waals surface area contributed by atoms with Gasteiger partial charge >= 0.3 is 0 Å². The zero-order chi connectivity index (χ0) is 13.8. The van der Waals surface area contributed by atoms with Crippen molar-refractivity contribution < 1.29 is 4.79 Å². The topological polar surface area (TPSA) is 46.3 Å². The highest BCUT2D eigenvalue weighted by molar-refractivity contribution is 6.05. The summed E-state index contributed by atoms with van der Waals surface area (Å²) >= 11 is 0. The summed E-state index contributed by atoms with van der Waals surface area (Å²) in [6.45, 7) is 2.09. The number of carbonyl (C=O) groups excluding carboxylic acids is 1. The van der Waals surface area contributed by atoms with Crippen LogP contribution in [-0.4, -0.2) is 13.0 Å². The smallest absolute Gasteiger partial charge is 0.258 e. The van der Waals surface area contributed by atoms with Gasteiger partial charge in [-0.3, -0.25) is 4.79 Å². The maximum Gasteiger partial charge on any atom is 0.258 e. The van der Waals surface area contributed by atoms with Crippen molar-refractivity contribution in [3.05, 3.63) is 59.7 Å². The molecular formula is C16H18N2O. The minimum atomic E-state index is -0.0209. The molecule has 19 heavy (non-hydrogen) atoms. The van der Waals surface area contributed by atoms with Gasteiger partial charge in [0.25, 0.3) is 5.91 Å². The fraction of sp³-hybridized carbons (Fsp3) is 0.188. The minimum absolute atomic E-state index is 0.0209. The van der Waals surface area contributed by atoms with Gasteiger partial charge in [0.2, 0.25) is 0 Å². The van der Waals surface area contributed by atoms with Crippen LogP contribution in [0.3, 0.4) is 0 Å². The summed E-state index contributed by atoms with van der Waals surface area (Å²) in [5.41, 5.74) is 9.09. The number of nitrogens with two attached hydrogens (primary N) is 1. The van der Waals surface area contributed by atoms with Crippen LogP contribution in [0.1, 0.15) is 22.8 Å². The number of aryl methyl sites for hydroxylation is 1. The molecule has 0 spiro atoms. The van der Waals surface area contributed by atoms with Gasteiger partial charge < -0.3 is 10.6 Å². The van der Waals surface area contributed by atoms with Crippen LogP contribution < -0.4 is 10.6 Å². The Morgan fingerprint density at radius 3 is 2.16 bits per heavy atom. The van der Waals surface area contributed by atoms with Gasteiger partial charge in [-0.05, 0) is 48.4 Å². The van der Waals surface area contributed by atoms with Gasteiger partial charge in [0.1, 0.15) is 0 Å². The van der Waals surface area contributed by atoms with Crippen LogP contribution in [0.2, 0.25) is 0 Å². The number of nitrogen functional groups attached to an aromatic ring is 1. The Morgan fingerprint density at radius 2 is 1.63 bits per heavy atom. The zero-order valence-electron chi connectivity index (χ0n) is 11.3. The second-order valence-corrected chi connectivity index (χ2v) is 4.51. The highest BCUT2D eigenvalue weighted by atomic mass is 16.2. The van der Waals surface area contributed by atoms with E-state index in [1.54, 1.807) is 24.1 Å². The van der Waals surface area contributed by atoms with Gasteiger partial charge in [-0.25, -0.2) is 0 Å². The van der Waals surface area contributed by atoms with Gasteiger partial charge in [-0.2, -0.15) is 0 Å². The molecule has 98 valence electrons. The van der Waals surface area contributed by atoms with Gasteiger partial charge in [0.05, 0.1) is 0 Å². The summed E-state index contributed by atoms with van der Waals surface area (Å²) in [6.07, 6.45) is 0.974. The molecule has 2 rings (SSSR count). The number of benzene rings is 2. The molecule has 0 bridgehead atoms. The molecule has 0 aromatic heterocycles. The lowest BCUT2D eigenvalue weighted by atomic mass is 10.1. The molecule has 0 atom stereocenters. The first-order chi connectivity index (χ1) is 9.11. The Balaban J connectivity index is 2.20. The largest absolute Gasteiger partial charge is 0.399 e. The highest BCUT2D eigenvalue weighted by Crippen LogP contribution is 2.17. The first-order valence-electron chi connectivity index (χ1n) is 6.34. The second-order valence-electron chi connectivity index (χ2n) is 4.51. The zero-order valence-corrected chi connectivity index (χ0v) is 11.3. The summed E-state index contributed by atoms with van der Waals surface area (Å²) in [5, 5.41) is 0. The standard InChI is InChI=1S/C16H18N2O/c1-3-12-4-6-13(7-5-12)16(19)18(2)15-10-8-14(17)9-11-15/h4-11H,3,17H2,1-2H3. The maximum atomic E-state index is 12.3. The van der Waals surface area contributed by atoms with Gasteiger partial charge in [-0.15, -0.1) is 0 Å². The van der Waals surface area contributed by atoms with E-state index < -0.39 is 0 Å². The summed E-state index contributed by atoms with van der Waals surface area (Å²) in [6, 6.07) is 15.0. The SMILES string of the molecule is CCc1ccc(C(=O)N(C)c2ccc(N)cc2)cc1. The molecule has 2 aromatic carbocycles. The van der Waals surface area contributed by atoms with E-state index in [9.17, 15) is 4.79 Å². The van der Waals surface area contributed by atoms with Crippen LogP contribution >= 0.6 is 0 Å². The summed E-state index contributed by atoms with van der Waals surface area (Å²) in [4.78, 5) is 13.9. The maximum absolute atomic E-state index is 12.3. The Hall–Kier alpha value is -2.29. The third-order valence-electron chi connectivity index (χ3n) is 3.19. The summed E-state index contributed by atoms with van der Waals surface area (Å²) < 4.78 is 0. The monoisotopic (exact) mass is 254 g/mol. The van der Waals surface area contributed by atoms with Gasteiger partial charge in [0, 0.05) is 24.0 Å². The fourth-order valence-corrected chi connectivity index (χ4v) is 1.89. The quantitative estimate of drug-likeness (QED) is 0.855. The molecular weight excluding hydrogens is 236 g/mol. The molecule has 3 nitrogen and oxygen atoms in total. The number of amides is 1. The lowest BCUT2D eigenvalue weighted by Crippen LogP contribution is -2.26. The predicted molar refractivity (Wildman–Crippen MR) is 79.4 cm³/mol. The molecule has 0 radical (unpaired) electrons. The van der Waals surface area contributed by atoms with Crippen LogP contribution in [-0.2, 0) is 6.42 Å². The van der Waals surface area contributed by atoms with E-state index in [4.69, 9.17) is 5.73 Å². The number of carbonyl (C=O) groups is 1. The molecule has 2 N–H and O–H groups in total. The first-order valence-corrected chi connectivity index (χ1v) is 6.34. The molecule has 2 aromatic rings. The molecule has 0 aliphatic heterocycles. The predicted octanol–water partition coefficient (Wildman–Crippen LogP) is 3.11. The van der Waals surface area contributed by atoms with Crippen LogP contribution in [0.25, 0.3) is 0 Å². The van der Waals surface area contributed by atoms with Crippen molar-refractivity contribution in [1.29, 1.82) is 0 Å². The lowest BCUT2D eigenvalue weighted by molar-refractivity contribution is 0.0993. The Bertz CT molecular complexity index is 558. The number of rotatable bonds is 3. The Kier molecular flexibility index (Phi) is 3.85. The average molecular weight is 254 g/mol. The van der Waals surface area contributed by atoms with Crippen molar-refractivity contribution in [3.63, 3.8) is 0 Å². The number of hydrogen-bond donors (Lipinski definition) is 1. The molecule has 0 aliphatic carbocycles. The molecule has 0 aliphatic rings. The second kappa shape index (κ2) is 5.57. The molecule has 3 heteroatoms. The van der Waals surface area contributed by atoms with Crippen LogP contribution in [0.5, 0.6) is 0 Å². The van der Waals surface area contributed by atoms with Crippen LogP contribution in [0.4, 0.5) is 11.4 Å². The van der Waals surface area contributed by atoms with Crippen molar-refractivity contribution in [2.45, 2.75) is 13.3 Å². The first kappa shape index (κ1) is 13.1. The van der Waals surface area contributed by atoms with Crippen molar-refractivity contribution in [2.75, 3.05) is 17.7 Å². The highest BCUT2D eigenvalue weighted by Gasteiger charge is 2.12. The number of hydrogen-bond acceptors (Lipinski definition) is 2. The fourth-order valence-electron chi connectivity index (χ4n) is 1.89. The van der Waals surface area contributed by atoms with E-state index in [0.717, 1.165) is 12.1 Å². The number of nitrogens with zero attached hydrogens (tertiary/aromatic N) is 1. The molecule has 0 saturated heterocycles. The average Bonchev–Trinajstić information content (AvgIpc) is 2.46. The molecule has 0 heterocycles. The van der Waals surface area contributed by atoms with E-state index in [0.29, 0.717) is 11.3 Å². The minimum Gasteiger partial charge on any atom is -0.399 e. The van der Waals surface area contributed by atoms with E-state index in [1.165, 1.54) is 5.56 Å². The van der Waals surface area contributed by atoms with Gasteiger partial charge in [0.15, 0.2) is 0 Å². The Morgan fingerprint density at radius 1 is 1.05 bits per heavy atom. The molecule has 0 saturated carbocycles. The third-order valence-corrected chi connectivity index (χ3v) is 3.19. The van der Waals surface area contributed by atoms with Crippen molar-refractivity contribution in [3.8, 4) is 0 Å². The summed E-state index contributed by atoms with van der Waals surface area (Å²) in [7, 11) is 1.77. The third kappa shape index (κ3) is 2.94. The summed E-state index contributed by atoms with van der Waals surface area (Å²) in [5.74, 6) is -0.0209. The lowest BCUT2D eigenvalue weighted by Gasteiger charge is -2.17.